The average Bonchev–Trinajstić information content (AvgIpc) is 3.02. The highest BCUT2D eigenvalue weighted by atomic mass is 19.3. The number of carbonyl (C=O) groups excluding carboxylic acids is 1. The number of benzene rings is 1. The first-order chi connectivity index (χ1) is 11.5. The third-order valence-corrected chi connectivity index (χ3v) is 3.56. The SMILES string of the molecule is CCC(C)n1nccc1NC(=O)c1ccc(OC(F)F)c(OC)c1. The monoisotopic (exact) mass is 339 g/mol. The summed E-state index contributed by atoms with van der Waals surface area (Å²) in [6.45, 7) is 1.04. The molecule has 2 rings (SSSR count). The van der Waals surface area contributed by atoms with Gasteiger partial charge in [-0.15, -0.1) is 0 Å². The Hall–Kier alpha value is -2.64. The molecule has 0 saturated heterocycles. The molecular weight excluding hydrogens is 320 g/mol. The van der Waals surface area contributed by atoms with Gasteiger partial charge in [0.15, 0.2) is 11.5 Å². The lowest BCUT2D eigenvalue weighted by molar-refractivity contribution is -0.0512. The zero-order valence-electron chi connectivity index (χ0n) is 13.6. The first kappa shape index (κ1) is 17.7. The van der Waals surface area contributed by atoms with Gasteiger partial charge in [-0.3, -0.25) is 4.79 Å². The minimum atomic E-state index is -2.97. The molecule has 1 aromatic carbocycles. The molecule has 0 radical (unpaired) electrons. The van der Waals surface area contributed by atoms with Crippen molar-refractivity contribution >= 4 is 11.7 Å². The lowest BCUT2D eigenvalue weighted by Crippen LogP contribution is -2.17. The summed E-state index contributed by atoms with van der Waals surface area (Å²) < 4.78 is 35.7. The zero-order valence-corrected chi connectivity index (χ0v) is 13.6. The quantitative estimate of drug-likeness (QED) is 0.835. The van der Waals surface area contributed by atoms with E-state index in [2.05, 4.69) is 15.2 Å². The third-order valence-electron chi connectivity index (χ3n) is 3.56. The van der Waals surface area contributed by atoms with Crippen LogP contribution < -0.4 is 14.8 Å². The molecule has 0 aliphatic heterocycles. The fourth-order valence-corrected chi connectivity index (χ4v) is 2.13. The number of carbonyl (C=O) groups is 1. The Morgan fingerprint density at radius 1 is 1.33 bits per heavy atom. The lowest BCUT2D eigenvalue weighted by Gasteiger charge is -2.15. The number of hydrogen-bond donors (Lipinski definition) is 1. The van der Waals surface area contributed by atoms with Gasteiger partial charge in [-0.05, 0) is 31.5 Å². The molecule has 1 aromatic heterocycles. The fraction of sp³-hybridized carbons (Fsp3) is 0.375. The van der Waals surface area contributed by atoms with Crippen LogP contribution in [0.4, 0.5) is 14.6 Å². The van der Waals surface area contributed by atoms with Gasteiger partial charge >= 0.3 is 6.61 Å². The Kier molecular flexibility index (Phi) is 5.73. The van der Waals surface area contributed by atoms with Gasteiger partial charge in [-0.1, -0.05) is 6.92 Å². The molecule has 0 spiro atoms. The standard InChI is InChI=1S/C16H19F2N3O3/c1-4-10(2)21-14(7-8-19-21)20-15(22)11-5-6-12(24-16(17)18)13(9-11)23-3/h5-10,16H,4H2,1-3H3,(H,20,22). The molecule has 24 heavy (non-hydrogen) atoms. The molecule has 130 valence electrons. The molecule has 1 heterocycles. The molecule has 0 bridgehead atoms. The van der Waals surface area contributed by atoms with Crippen molar-refractivity contribution in [1.82, 2.24) is 9.78 Å². The molecule has 1 unspecified atom stereocenters. The van der Waals surface area contributed by atoms with Gasteiger partial charge in [0.1, 0.15) is 5.82 Å². The summed E-state index contributed by atoms with van der Waals surface area (Å²) in [6, 6.07) is 5.82. The van der Waals surface area contributed by atoms with Gasteiger partial charge in [-0.25, -0.2) is 4.68 Å². The molecule has 6 nitrogen and oxygen atoms in total. The molecule has 1 N–H and O–H groups in total. The van der Waals surface area contributed by atoms with Crippen LogP contribution in [0.3, 0.4) is 0 Å². The van der Waals surface area contributed by atoms with Crippen LogP contribution >= 0.6 is 0 Å². The van der Waals surface area contributed by atoms with Crippen LogP contribution in [0.15, 0.2) is 30.5 Å². The highest BCUT2D eigenvalue weighted by Gasteiger charge is 2.16. The Labute approximate surface area is 138 Å². The molecule has 0 aliphatic carbocycles. The van der Waals surface area contributed by atoms with Crippen molar-refractivity contribution in [2.75, 3.05) is 12.4 Å². The van der Waals surface area contributed by atoms with Crippen LogP contribution in [-0.4, -0.2) is 29.4 Å². The van der Waals surface area contributed by atoms with Crippen molar-refractivity contribution in [1.29, 1.82) is 0 Å². The van der Waals surface area contributed by atoms with E-state index in [1.807, 2.05) is 13.8 Å². The molecule has 0 saturated carbocycles. The van der Waals surface area contributed by atoms with Crippen molar-refractivity contribution in [3.8, 4) is 11.5 Å². The van der Waals surface area contributed by atoms with Crippen LogP contribution in [0, 0.1) is 0 Å². The van der Waals surface area contributed by atoms with E-state index < -0.39 is 12.5 Å². The molecule has 0 fully saturated rings. The Bertz CT molecular complexity index is 704. The smallest absolute Gasteiger partial charge is 0.387 e. The van der Waals surface area contributed by atoms with Gasteiger partial charge in [0, 0.05) is 11.6 Å². The first-order valence-corrected chi connectivity index (χ1v) is 7.44. The maximum Gasteiger partial charge on any atom is 0.387 e. The predicted octanol–water partition coefficient (Wildman–Crippen LogP) is 3.72. The first-order valence-electron chi connectivity index (χ1n) is 7.44. The second-order valence-electron chi connectivity index (χ2n) is 5.12. The largest absolute Gasteiger partial charge is 0.493 e. The molecule has 1 amide bonds. The van der Waals surface area contributed by atoms with Gasteiger partial charge in [0.25, 0.3) is 5.91 Å². The summed E-state index contributed by atoms with van der Waals surface area (Å²) in [7, 11) is 1.31. The van der Waals surface area contributed by atoms with Crippen molar-refractivity contribution in [2.24, 2.45) is 0 Å². The van der Waals surface area contributed by atoms with Crippen LogP contribution in [0.1, 0.15) is 36.7 Å². The van der Waals surface area contributed by atoms with Crippen molar-refractivity contribution in [3.05, 3.63) is 36.0 Å². The third kappa shape index (κ3) is 4.01. The molecule has 8 heteroatoms. The second kappa shape index (κ2) is 7.76. The number of rotatable bonds is 7. The van der Waals surface area contributed by atoms with E-state index in [1.165, 1.54) is 25.3 Å². The number of methoxy groups -OCH3 is 1. The van der Waals surface area contributed by atoms with E-state index in [9.17, 15) is 13.6 Å². The number of hydrogen-bond acceptors (Lipinski definition) is 4. The van der Waals surface area contributed by atoms with Gasteiger partial charge in [0.2, 0.25) is 0 Å². The minimum Gasteiger partial charge on any atom is -0.493 e. The number of nitrogens with zero attached hydrogens (tertiary/aromatic N) is 2. The summed E-state index contributed by atoms with van der Waals surface area (Å²) in [5, 5.41) is 6.94. The summed E-state index contributed by atoms with van der Waals surface area (Å²) >= 11 is 0. The highest BCUT2D eigenvalue weighted by molar-refractivity contribution is 6.04. The van der Waals surface area contributed by atoms with Crippen LogP contribution in [-0.2, 0) is 0 Å². The van der Waals surface area contributed by atoms with E-state index in [0.717, 1.165) is 6.42 Å². The second-order valence-corrected chi connectivity index (χ2v) is 5.12. The number of nitrogens with one attached hydrogen (secondary N) is 1. The van der Waals surface area contributed by atoms with Crippen LogP contribution in [0.25, 0.3) is 0 Å². The van der Waals surface area contributed by atoms with Crippen molar-refractivity contribution < 1.29 is 23.0 Å². The van der Waals surface area contributed by atoms with Gasteiger partial charge in [0.05, 0.1) is 19.3 Å². The minimum absolute atomic E-state index is 0.0541. The number of amides is 1. The Balaban J connectivity index is 2.20. The van der Waals surface area contributed by atoms with E-state index in [-0.39, 0.29) is 23.1 Å². The zero-order chi connectivity index (χ0) is 17.7. The summed E-state index contributed by atoms with van der Waals surface area (Å²) in [4.78, 5) is 12.4. The maximum atomic E-state index is 12.4. The summed E-state index contributed by atoms with van der Waals surface area (Å²) in [6.07, 6.45) is 2.46. The Morgan fingerprint density at radius 3 is 2.71 bits per heavy atom. The van der Waals surface area contributed by atoms with Crippen LogP contribution in [0.5, 0.6) is 11.5 Å². The molecular formula is C16H19F2N3O3. The summed E-state index contributed by atoms with van der Waals surface area (Å²) in [5.74, 6) is 0.0789. The number of anilines is 1. The van der Waals surface area contributed by atoms with Crippen molar-refractivity contribution in [2.45, 2.75) is 32.9 Å². The molecule has 0 aliphatic rings. The molecule has 2 aromatic rings. The Morgan fingerprint density at radius 2 is 2.08 bits per heavy atom. The van der Waals surface area contributed by atoms with Crippen LogP contribution in [0.2, 0.25) is 0 Å². The lowest BCUT2D eigenvalue weighted by atomic mass is 10.2. The maximum absolute atomic E-state index is 12.4. The van der Waals surface area contributed by atoms with E-state index in [0.29, 0.717) is 5.82 Å². The molecule has 1 atom stereocenters. The summed E-state index contributed by atoms with van der Waals surface area (Å²) in [5.41, 5.74) is 0.255. The fourth-order valence-electron chi connectivity index (χ4n) is 2.13. The van der Waals surface area contributed by atoms with Gasteiger partial charge < -0.3 is 14.8 Å². The average molecular weight is 339 g/mol. The number of alkyl halides is 2. The normalized spacial score (nSPS) is 12.1. The van der Waals surface area contributed by atoms with Gasteiger partial charge in [-0.2, -0.15) is 13.9 Å². The highest BCUT2D eigenvalue weighted by Crippen LogP contribution is 2.29. The topological polar surface area (TPSA) is 65.4 Å². The number of aromatic nitrogens is 2. The predicted molar refractivity (Wildman–Crippen MR) is 84.8 cm³/mol. The number of halogens is 2. The van der Waals surface area contributed by atoms with E-state index in [4.69, 9.17) is 4.74 Å². The van der Waals surface area contributed by atoms with Crippen molar-refractivity contribution in [3.63, 3.8) is 0 Å². The van der Waals surface area contributed by atoms with E-state index in [1.54, 1.807) is 16.9 Å². The van der Waals surface area contributed by atoms with E-state index >= 15 is 0 Å². The number of ether oxygens (including phenoxy) is 2.